The zero-order chi connectivity index (χ0) is 11.1. The molecule has 0 radical (unpaired) electrons. The van der Waals surface area contributed by atoms with Crippen LogP contribution >= 0.6 is 0 Å². The third-order valence-corrected chi connectivity index (χ3v) is 4.87. The summed E-state index contributed by atoms with van der Waals surface area (Å²) in [6.07, 6.45) is 2.27. The second-order valence-electron chi connectivity index (χ2n) is 4.27. The first kappa shape index (κ1) is 14.1. The molecule has 14 heavy (non-hydrogen) atoms. The molecule has 0 aliphatic carbocycles. The second-order valence-corrected chi connectivity index (χ2v) is 6.11. The lowest BCUT2D eigenvalue weighted by Crippen LogP contribution is -2.34. The molecular formula is C11H25NOS. The lowest BCUT2D eigenvalue weighted by Gasteiger charge is -2.20. The Morgan fingerprint density at radius 2 is 1.86 bits per heavy atom. The summed E-state index contributed by atoms with van der Waals surface area (Å²) in [6.45, 7) is 8.52. The quantitative estimate of drug-likeness (QED) is 0.711. The summed E-state index contributed by atoms with van der Waals surface area (Å²) < 4.78 is 11.9. The average Bonchev–Trinajstić information content (AvgIpc) is 2.15. The van der Waals surface area contributed by atoms with Crippen LogP contribution in [0.3, 0.4) is 0 Å². The normalized spacial score (nSPS) is 18.1. The second kappa shape index (κ2) is 7.41. The van der Waals surface area contributed by atoms with E-state index in [4.69, 9.17) is 0 Å². The predicted octanol–water partition coefficient (Wildman–Crippen LogP) is 2.17. The predicted molar refractivity (Wildman–Crippen MR) is 65.1 cm³/mol. The van der Waals surface area contributed by atoms with E-state index >= 15 is 0 Å². The Bertz CT molecular complexity index is 171. The van der Waals surface area contributed by atoms with Gasteiger partial charge in [0.25, 0.3) is 0 Å². The third kappa shape index (κ3) is 5.11. The molecule has 0 aliphatic heterocycles. The average molecular weight is 219 g/mol. The Labute approximate surface area is 91.3 Å². The van der Waals surface area contributed by atoms with Crippen molar-refractivity contribution in [3.63, 3.8) is 0 Å². The van der Waals surface area contributed by atoms with Crippen LogP contribution in [-0.2, 0) is 10.8 Å². The topological polar surface area (TPSA) is 29.1 Å². The zero-order valence-corrected chi connectivity index (χ0v) is 11.0. The molecule has 0 rings (SSSR count). The van der Waals surface area contributed by atoms with Crippen LogP contribution in [-0.4, -0.2) is 28.3 Å². The molecule has 0 spiro atoms. The first-order valence-corrected chi connectivity index (χ1v) is 6.95. The van der Waals surface area contributed by atoms with E-state index in [1.165, 1.54) is 0 Å². The highest BCUT2D eigenvalue weighted by atomic mass is 32.2. The fourth-order valence-electron chi connectivity index (χ4n) is 1.31. The van der Waals surface area contributed by atoms with Crippen molar-refractivity contribution in [1.29, 1.82) is 0 Å². The van der Waals surface area contributed by atoms with Crippen molar-refractivity contribution in [2.24, 2.45) is 5.92 Å². The van der Waals surface area contributed by atoms with Gasteiger partial charge in [-0.05, 0) is 19.4 Å². The van der Waals surface area contributed by atoms with E-state index in [1.807, 2.05) is 7.05 Å². The van der Waals surface area contributed by atoms with Gasteiger partial charge < -0.3 is 5.32 Å². The fraction of sp³-hybridized carbons (Fsp3) is 1.00. The Morgan fingerprint density at radius 3 is 2.21 bits per heavy atom. The molecule has 3 unspecified atom stereocenters. The molecule has 0 fully saturated rings. The third-order valence-electron chi connectivity index (χ3n) is 2.76. The standard InChI is InChI=1S/C11H25NOS/c1-6-7-11(12-5)8-14(13)10(4)9(2)3/h9-12H,6-8H2,1-5H3. The minimum absolute atomic E-state index is 0.308. The molecule has 2 nitrogen and oxygen atoms in total. The van der Waals surface area contributed by atoms with E-state index in [9.17, 15) is 4.21 Å². The van der Waals surface area contributed by atoms with Gasteiger partial charge in [0.2, 0.25) is 0 Å². The summed E-state index contributed by atoms with van der Waals surface area (Å²) in [4.78, 5) is 0. The maximum atomic E-state index is 11.9. The highest BCUT2D eigenvalue weighted by Crippen LogP contribution is 2.10. The molecule has 0 aromatic heterocycles. The molecule has 0 saturated heterocycles. The van der Waals surface area contributed by atoms with Crippen LogP contribution in [0.1, 0.15) is 40.5 Å². The summed E-state index contributed by atoms with van der Waals surface area (Å²) in [5.41, 5.74) is 0. The van der Waals surface area contributed by atoms with Gasteiger partial charge in [0, 0.05) is 27.8 Å². The van der Waals surface area contributed by atoms with Crippen LogP contribution in [0.25, 0.3) is 0 Å². The lowest BCUT2D eigenvalue weighted by molar-refractivity contribution is 0.547. The zero-order valence-electron chi connectivity index (χ0n) is 10.2. The van der Waals surface area contributed by atoms with Crippen molar-refractivity contribution < 1.29 is 4.21 Å². The van der Waals surface area contributed by atoms with Crippen LogP contribution in [0.2, 0.25) is 0 Å². The molecule has 0 aliphatic rings. The van der Waals surface area contributed by atoms with E-state index in [0.717, 1.165) is 18.6 Å². The van der Waals surface area contributed by atoms with Crippen LogP contribution in [0.5, 0.6) is 0 Å². The van der Waals surface area contributed by atoms with E-state index in [-0.39, 0.29) is 0 Å². The van der Waals surface area contributed by atoms with E-state index in [0.29, 0.717) is 17.2 Å². The fourth-order valence-corrected chi connectivity index (χ4v) is 2.95. The molecule has 3 atom stereocenters. The van der Waals surface area contributed by atoms with Gasteiger partial charge in [0.15, 0.2) is 0 Å². The highest BCUT2D eigenvalue weighted by molar-refractivity contribution is 7.85. The minimum Gasteiger partial charge on any atom is -0.316 e. The summed E-state index contributed by atoms with van der Waals surface area (Å²) in [5, 5.41) is 3.54. The van der Waals surface area contributed by atoms with Gasteiger partial charge >= 0.3 is 0 Å². The number of nitrogens with one attached hydrogen (secondary N) is 1. The summed E-state index contributed by atoms with van der Waals surface area (Å²) in [6, 6.07) is 0.419. The number of rotatable bonds is 7. The van der Waals surface area contributed by atoms with Crippen molar-refractivity contribution in [3.05, 3.63) is 0 Å². The Kier molecular flexibility index (Phi) is 7.47. The lowest BCUT2D eigenvalue weighted by atomic mass is 10.2. The smallest absolute Gasteiger partial charge is 0.0391 e. The maximum absolute atomic E-state index is 11.9. The van der Waals surface area contributed by atoms with Crippen LogP contribution in [0.4, 0.5) is 0 Å². The molecule has 3 heteroatoms. The summed E-state index contributed by atoms with van der Waals surface area (Å²) in [5.74, 6) is 1.30. The SMILES string of the molecule is CCCC(CS(=O)C(C)C(C)C)NC. The Hall–Kier alpha value is 0.110. The molecule has 86 valence electrons. The van der Waals surface area contributed by atoms with Crippen LogP contribution in [0, 0.1) is 5.92 Å². The first-order valence-electron chi connectivity index (χ1n) is 5.57. The van der Waals surface area contributed by atoms with E-state index < -0.39 is 10.8 Å². The Morgan fingerprint density at radius 1 is 1.29 bits per heavy atom. The van der Waals surface area contributed by atoms with Gasteiger partial charge in [0.05, 0.1) is 0 Å². The number of hydrogen-bond acceptors (Lipinski definition) is 2. The van der Waals surface area contributed by atoms with Gasteiger partial charge in [-0.1, -0.05) is 34.1 Å². The van der Waals surface area contributed by atoms with Crippen LogP contribution in [0.15, 0.2) is 0 Å². The van der Waals surface area contributed by atoms with Crippen molar-refractivity contribution in [3.8, 4) is 0 Å². The summed E-state index contributed by atoms with van der Waals surface area (Å²) in [7, 11) is 1.27. The van der Waals surface area contributed by atoms with Crippen molar-refractivity contribution in [2.45, 2.75) is 51.8 Å². The van der Waals surface area contributed by atoms with Gasteiger partial charge in [-0.15, -0.1) is 0 Å². The highest BCUT2D eigenvalue weighted by Gasteiger charge is 2.18. The van der Waals surface area contributed by atoms with Crippen molar-refractivity contribution >= 4 is 10.8 Å². The summed E-state index contributed by atoms with van der Waals surface area (Å²) >= 11 is 0. The van der Waals surface area contributed by atoms with Gasteiger partial charge in [-0.25, -0.2) is 0 Å². The molecule has 0 amide bonds. The molecule has 0 aromatic rings. The van der Waals surface area contributed by atoms with Crippen molar-refractivity contribution in [1.82, 2.24) is 5.32 Å². The molecule has 0 saturated carbocycles. The Balaban J connectivity index is 4.01. The largest absolute Gasteiger partial charge is 0.316 e. The molecule has 1 N–H and O–H groups in total. The monoisotopic (exact) mass is 219 g/mol. The van der Waals surface area contributed by atoms with Gasteiger partial charge in [0.1, 0.15) is 0 Å². The van der Waals surface area contributed by atoms with Gasteiger partial charge in [-0.2, -0.15) is 0 Å². The minimum atomic E-state index is -0.689. The van der Waals surface area contributed by atoms with Crippen LogP contribution < -0.4 is 5.32 Å². The van der Waals surface area contributed by atoms with Gasteiger partial charge in [-0.3, -0.25) is 4.21 Å². The molecule has 0 heterocycles. The molecule has 0 bridgehead atoms. The molecular weight excluding hydrogens is 194 g/mol. The number of hydrogen-bond donors (Lipinski definition) is 1. The van der Waals surface area contributed by atoms with Crippen molar-refractivity contribution in [2.75, 3.05) is 12.8 Å². The maximum Gasteiger partial charge on any atom is 0.0391 e. The van der Waals surface area contributed by atoms with E-state index in [1.54, 1.807) is 0 Å². The van der Waals surface area contributed by atoms with E-state index in [2.05, 4.69) is 33.0 Å². The molecule has 0 aromatic carbocycles. The first-order chi connectivity index (χ1) is 6.52.